The van der Waals surface area contributed by atoms with Gasteiger partial charge in [-0.2, -0.15) is 4.98 Å². The van der Waals surface area contributed by atoms with Crippen LogP contribution in [0.4, 0.5) is 11.4 Å². The van der Waals surface area contributed by atoms with Crippen molar-refractivity contribution in [2.75, 3.05) is 36.0 Å². The second-order valence-corrected chi connectivity index (χ2v) is 6.75. The Bertz CT molecular complexity index is 917. The molecule has 0 bridgehead atoms. The molecule has 3 aromatic rings. The molecule has 1 aromatic heterocycles. The first-order valence-corrected chi connectivity index (χ1v) is 10.3. The molecule has 1 N–H and O–H groups in total. The molecule has 29 heavy (non-hydrogen) atoms. The minimum absolute atomic E-state index is 0.323. The zero-order valence-corrected chi connectivity index (χ0v) is 17.6. The maximum Gasteiger partial charge on any atom is 0.333 e. The van der Waals surface area contributed by atoms with Gasteiger partial charge in [-0.1, -0.05) is 29.4 Å². The van der Waals surface area contributed by atoms with Gasteiger partial charge in [0.1, 0.15) is 11.4 Å². The number of hydrogen-bond acceptors (Lipinski definition) is 6. The molecular formula is C23H29N5O. The van der Waals surface area contributed by atoms with Gasteiger partial charge in [0.15, 0.2) is 0 Å². The smallest absolute Gasteiger partial charge is 0.333 e. The Hall–Kier alpha value is -3.15. The van der Waals surface area contributed by atoms with Crippen molar-refractivity contribution in [3.63, 3.8) is 0 Å². The van der Waals surface area contributed by atoms with E-state index in [1.165, 1.54) is 5.69 Å². The number of anilines is 2. The summed E-state index contributed by atoms with van der Waals surface area (Å²) < 4.78 is 0. The minimum Gasteiger partial charge on any atom is -0.478 e. The quantitative estimate of drug-likeness (QED) is 0.605. The van der Waals surface area contributed by atoms with Crippen molar-refractivity contribution in [3.05, 3.63) is 48.5 Å². The van der Waals surface area contributed by atoms with Crippen LogP contribution in [0.3, 0.4) is 0 Å². The summed E-state index contributed by atoms with van der Waals surface area (Å²) in [7, 11) is 0. The highest BCUT2D eigenvalue weighted by Gasteiger charge is 2.14. The molecular weight excluding hydrogens is 362 g/mol. The molecule has 0 radical (unpaired) electrons. The normalized spacial score (nSPS) is 10.8. The van der Waals surface area contributed by atoms with E-state index in [4.69, 9.17) is 0 Å². The van der Waals surface area contributed by atoms with Crippen molar-refractivity contribution < 1.29 is 5.11 Å². The summed E-state index contributed by atoms with van der Waals surface area (Å²) in [4.78, 5) is 8.86. The maximum atomic E-state index is 9.85. The molecule has 1 heterocycles. The van der Waals surface area contributed by atoms with E-state index in [0.29, 0.717) is 11.4 Å². The average Bonchev–Trinajstić information content (AvgIpc) is 2.76. The van der Waals surface area contributed by atoms with Gasteiger partial charge in [0.05, 0.1) is 0 Å². The summed E-state index contributed by atoms with van der Waals surface area (Å²) in [5, 5.41) is 17.9. The van der Waals surface area contributed by atoms with Crippen LogP contribution in [0.15, 0.2) is 48.5 Å². The van der Waals surface area contributed by atoms with Gasteiger partial charge in [0.2, 0.25) is 0 Å². The monoisotopic (exact) mass is 391 g/mol. The molecule has 0 spiro atoms. The Kier molecular flexibility index (Phi) is 6.65. The zero-order chi connectivity index (χ0) is 20.8. The van der Waals surface area contributed by atoms with Crippen LogP contribution in [0.1, 0.15) is 27.7 Å². The lowest BCUT2D eigenvalue weighted by atomic mass is 10.0. The zero-order valence-electron chi connectivity index (χ0n) is 17.6. The molecule has 0 aliphatic rings. The van der Waals surface area contributed by atoms with Gasteiger partial charge in [-0.05, 0) is 52.0 Å². The summed E-state index contributed by atoms with van der Waals surface area (Å²) in [6.45, 7) is 12.4. The molecule has 6 nitrogen and oxygen atoms in total. The van der Waals surface area contributed by atoms with Gasteiger partial charge < -0.3 is 14.9 Å². The largest absolute Gasteiger partial charge is 0.478 e. The Morgan fingerprint density at radius 3 is 1.45 bits per heavy atom. The van der Waals surface area contributed by atoms with Gasteiger partial charge >= 0.3 is 6.01 Å². The molecule has 0 atom stereocenters. The van der Waals surface area contributed by atoms with Gasteiger partial charge in [-0.15, -0.1) is 5.10 Å². The van der Waals surface area contributed by atoms with Crippen molar-refractivity contribution >= 4 is 11.4 Å². The van der Waals surface area contributed by atoms with Crippen LogP contribution in [0.2, 0.25) is 0 Å². The number of aromatic hydroxyl groups is 1. The van der Waals surface area contributed by atoms with Crippen molar-refractivity contribution in [2.45, 2.75) is 27.7 Å². The standard InChI is InChI=1S/C23H29N5O/c1-5-27(6-2)19-13-9-17(10-14-19)21-22(25-26-23(29)24-21)18-11-15-20(16-12-18)28(7-3)8-4/h9-16H,5-8H2,1-4H3,(H,24,26,29). The minimum atomic E-state index is -0.323. The molecule has 2 aromatic carbocycles. The Labute approximate surface area is 172 Å². The van der Waals surface area contributed by atoms with Gasteiger partial charge in [0, 0.05) is 48.7 Å². The Morgan fingerprint density at radius 2 is 1.03 bits per heavy atom. The highest BCUT2D eigenvalue weighted by Crippen LogP contribution is 2.31. The maximum absolute atomic E-state index is 9.85. The van der Waals surface area contributed by atoms with E-state index in [-0.39, 0.29) is 6.01 Å². The van der Waals surface area contributed by atoms with Gasteiger partial charge in [-0.3, -0.25) is 0 Å². The first-order chi connectivity index (χ1) is 14.1. The summed E-state index contributed by atoms with van der Waals surface area (Å²) >= 11 is 0. The first-order valence-electron chi connectivity index (χ1n) is 10.3. The van der Waals surface area contributed by atoms with E-state index in [9.17, 15) is 5.11 Å². The third-order valence-corrected chi connectivity index (χ3v) is 5.21. The van der Waals surface area contributed by atoms with Gasteiger partial charge in [-0.25, -0.2) is 0 Å². The molecule has 6 heteroatoms. The SMILES string of the molecule is CCN(CC)c1ccc(-c2nnc(O)nc2-c2ccc(N(CC)CC)cc2)cc1. The van der Waals surface area contributed by atoms with E-state index in [1.54, 1.807) is 0 Å². The molecule has 0 aliphatic carbocycles. The molecule has 0 saturated heterocycles. The lowest BCUT2D eigenvalue weighted by Gasteiger charge is -2.21. The molecule has 3 rings (SSSR count). The Morgan fingerprint density at radius 1 is 0.621 bits per heavy atom. The molecule has 152 valence electrons. The lowest BCUT2D eigenvalue weighted by Crippen LogP contribution is -2.21. The first kappa shape index (κ1) is 20.6. The van der Waals surface area contributed by atoms with Crippen LogP contribution in [0, 0.1) is 0 Å². The molecule has 0 amide bonds. The average molecular weight is 392 g/mol. The summed E-state index contributed by atoms with van der Waals surface area (Å²) in [6, 6.07) is 16.1. The predicted molar refractivity (Wildman–Crippen MR) is 119 cm³/mol. The van der Waals surface area contributed by atoms with Crippen LogP contribution < -0.4 is 9.80 Å². The summed E-state index contributed by atoms with van der Waals surface area (Å²) in [5.41, 5.74) is 5.43. The molecule has 0 unspecified atom stereocenters. The number of nitrogens with zero attached hydrogens (tertiary/aromatic N) is 5. The van der Waals surface area contributed by atoms with E-state index in [0.717, 1.165) is 43.0 Å². The number of aromatic nitrogens is 3. The topological polar surface area (TPSA) is 65.4 Å². The van der Waals surface area contributed by atoms with Gasteiger partial charge in [0.25, 0.3) is 0 Å². The van der Waals surface area contributed by atoms with Crippen LogP contribution in [0.25, 0.3) is 22.5 Å². The molecule has 0 fully saturated rings. The van der Waals surface area contributed by atoms with Crippen LogP contribution in [-0.2, 0) is 0 Å². The number of benzene rings is 2. The third kappa shape index (κ3) is 4.47. The van der Waals surface area contributed by atoms with Crippen molar-refractivity contribution in [1.82, 2.24) is 15.2 Å². The summed E-state index contributed by atoms with van der Waals surface area (Å²) in [6.07, 6.45) is 0. The fraction of sp³-hybridized carbons (Fsp3) is 0.348. The number of hydrogen-bond donors (Lipinski definition) is 1. The number of rotatable bonds is 8. The van der Waals surface area contributed by atoms with E-state index >= 15 is 0 Å². The van der Waals surface area contributed by atoms with Crippen LogP contribution in [-0.4, -0.2) is 46.5 Å². The van der Waals surface area contributed by atoms with Crippen LogP contribution >= 0.6 is 0 Å². The lowest BCUT2D eigenvalue weighted by molar-refractivity contribution is 0.422. The van der Waals surface area contributed by atoms with Crippen molar-refractivity contribution in [2.24, 2.45) is 0 Å². The third-order valence-electron chi connectivity index (χ3n) is 5.21. The van der Waals surface area contributed by atoms with Crippen molar-refractivity contribution in [1.29, 1.82) is 0 Å². The fourth-order valence-corrected chi connectivity index (χ4v) is 3.55. The van der Waals surface area contributed by atoms with Crippen molar-refractivity contribution in [3.8, 4) is 28.5 Å². The summed E-state index contributed by atoms with van der Waals surface area (Å²) in [5.74, 6) is 0. The highest BCUT2D eigenvalue weighted by atomic mass is 16.3. The highest BCUT2D eigenvalue weighted by molar-refractivity contribution is 5.79. The Balaban J connectivity index is 1.98. The second-order valence-electron chi connectivity index (χ2n) is 6.75. The van der Waals surface area contributed by atoms with E-state index in [1.807, 2.05) is 24.3 Å². The molecule has 0 aliphatic heterocycles. The van der Waals surface area contributed by atoms with E-state index in [2.05, 4.69) is 76.9 Å². The fourth-order valence-electron chi connectivity index (χ4n) is 3.55. The van der Waals surface area contributed by atoms with E-state index < -0.39 is 0 Å². The molecule has 0 saturated carbocycles. The second kappa shape index (κ2) is 9.37. The predicted octanol–water partition coefficient (Wildman–Crippen LogP) is 4.60. The van der Waals surface area contributed by atoms with Crippen LogP contribution in [0.5, 0.6) is 6.01 Å².